The van der Waals surface area contributed by atoms with Crippen molar-refractivity contribution in [1.82, 2.24) is 4.98 Å². The number of aliphatic hydroxyl groups is 1. The number of rotatable bonds is 5. The van der Waals surface area contributed by atoms with Crippen LogP contribution in [-0.2, 0) is 9.59 Å². The summed E-state index contributed by atoms with van der Waals surface area (Å²) in [5.41, 5.74) is 0.724. The van der Waals surface area contributed by atoms with Crippen molar-refractivity contribution in [2.24, 2.45) is 0 Å². The van der Waals surface area contributed by atoms with Gasteiger partial charge in [-0.1, -0.05) is 29.5 Å². The first-order valence-electron chi connectivity index (χ1n) is 9.96. The predicted octanol–water partition coefficient (Wildman–Crippen LogP) is 4.53. The van der Waals surface area contributed by atoms with Crippen LogP contribution in [-0.4, -0.2) is 36.0 Å². The minimum absolute atomic E-state index is 0.142. The number of hydrogen-bond acceptors (Lipinski definition) is 8. The average molecular weight is 462 g/mol. The number of ether oxygens (including phenoxy) is 2. The van der Waals surface area contributed by atoms with Gasteiger partial charge in [0.2, 0.25) is 0 Å². The highest BCUT2D eigenvalue weighted by Crippen LogP contribution is 2.46. The summed E-state index contributed by atoms with van der Waals surface area (Å²) in [6, 6.07) is 14.7. The van der Waals surface area contributed by atoms with Crippen molar-refractivity contribution in [3.05, 3.63) is 77.8 Å². The highest BCUT2D eigenvalue weighted by molar-refractivity contribution is 7.22. The van der Waals surface area contributed by atoms with Crippen LogP contribution in [0, 0.1) is 0 Å². The molecule has 1 saturated heterocycles. The zero-order chi connectivity index (χ0) is 23.1. The number of Topliss-reactive ketones (excluding diaryl/α,β-unsaturated/α-hetero) is 1. The number of amides is 1. The molecule has 1 amide bonds. The highest BCUT2D eigenvalue weighted by atomic mass is 32.1. The molecule has 9 heteroatoms. The van der Waals surface area contributed by atoms with Gasteiger partial charge in [0.15, 0.2) is 5.13 Å². The van der Waals surface area contributed by atoms with Crippen LogP contribution in [0.3, 0.4) is 0 Å². The summed E-state index contributed by atoms with van der Waals surface area (Å²) in [7, 11) is 2.88. The molecule has 3 heterocycles. The molecule has 1 fully saturated rings. The number of carbonyl (C=O) groups is 2. The Morgan fingerprint density at radius 3 is 2.39 bits per heavy atom. The molecule has 1 aliphatic rings. The highest BCUT2D eigenvalue weighted by Gasteiger charge is 2.50. The van der Waals surface area contributed by atoms with E-state index in [4.69, 9.17) is 13.9 Å². The van der Waals surface area contributed by atoms with E-state index < -0.39 is 23.5 Å². The molecule has 2 aromatic carbocycles. The number of para-hydroxylation sites is 1. The van der Waals surface area contributed by atoms with E-state index in [1.165, 1.54) is 36.7 Å². The summed E-state index contributed by atoms with van der Waals surface area (Å²) in [6.45, 7) is 0. The molecule has 0 radical (unpaired) electrons. The second kappa shape index (κ2) is 8.10. The number of carbonyl (C=O) groups excluding carboxylic acids is 2. The molecule has 0 saturated carbocycles. The molecular weight excluding hydrogens is 444 g/mol. The van der Waals surface area contributed by atoms with Crippen LogP contribution in [0.5, 0.6) is 11.5 Å². The molecule has 5 rings (SSSR count). The van der Waals surface area contributed by atoms with Gasteiger partial charge in [0.05, 0.1) is 36.3 Å². The van der Waals surface area contributed by atoms with E-state index in [1.807, 2.05) is 24.3 Å². The van der Waals surface area contributed by atoms with Crippen LogP contribution in [0.25, 0.3) is 16.0 Å². The Balaban J connectivity index is 1.76. The van der Waals surface area contributed by atoms with E-state index in [-0.39, 0.29) is 22.6 Å². The summed E-state index contributed by atoms with van der Waals surface area (Å²) in [4.78, 5) is 32.3. The first-order valence-corrected chi connectivity index (χ1v) is 10.8. The fourth-order valence-electron chi connectivity index (χ4n) is 3.93. The Labute approximate surface area is 192 Å². The second-order valence-corrected chi connectivity index (χ2v) is 8.20. The summed E-state index contributed by atoms with van der Waals surface area (Å²) in [6.07, 6.45) is 1.44. The molecule has 0 bridgehead atoms. The van der Waals surface area contributed by atoms with Gasteiger partial charge < -0.3 is 19.0 Å². The standard InChI is InChI=1S/C24H18N2O6S/c1-30-14-8-5-9-15(31-2)18(14)21(27)19-20(16-10-6-12-32-16)26(23(29)22(19)28)24-25-13-7-3-4-11-17(13)33-24/h3-12,20,27H,1-2H3/b21-19+. The topological polar surface area (TPSA) is 102 Å². The lowest BCUT2D eigenvalue weighted by Gasteiger charge is -2.21. The number of benzene rings is 2. The molecule has 33 heavy (non-hydrogen) atoms. The third-order valence-corrected chi connectivity index (χ3v) is 6.45. The van der Waals surface area contributed by atoms with Gasteiger partial charge in [0, 0.05) is 0 Å². The van der Waals surface area contributed by atoms with Gasteiger partial charge in [-0.15, -0.1) is 0 Å². The smallest absolute Gasteiger partial charge is 0.302 e. The van der Waals surface area contributed by atoms with Crippen LogP contribution < -0.4 is 14.4 Å². The van der Waals surface area contributed by atoms with E-state index in [9.17, 15) is 14.7 Å². The monoisotopic (exact) mass is 462 g/mol. The SMILES string of the molecule is COc1cccc(OC)c1/C(O)=C1\C(=O)C(=O)N(c2nc3ccccc3s2)C1c1ccco1. The molecule has 1 atom stereocenters. The van der Waals surface area contributed by atoms with Crippen LogP contribution in [0.15, 0.2) is 70.9 Å². The molecule has 8 nitrogen and oxygen atoms in total. The third-order valence-electron chi connectivity index (χ3n) is 5.41. The zero-order valence-corrected chi connectivity index (χ0v) is 18.5. The van der Waals surface area contributed by atoms with Gasteiger partial charge in [0.1, 0.15) is 34.6 Å². The molecular formula is C24H18N2O6S. The lowest BCUT2D eigenvalue weighted by atomic mass is 9.98. The second-order valence-electron chi connectivity index (χ2n) is 7.19. The summed E-state index contributed by atoms with van der Waals surface area (Å²) < 4.78 is 17.2. The van der Waals surface area contributed by atoms with Gasteiger partial charge in [-0.25, -0.2) is 4.98 Å². The number of thiazole rings is 1. The van der Waals surface area contributed by atoms with E-state index in [0.29, 0.717) is 16.4 Å². The third kappa shape index (κ3) is 3.25. The fourth-order valence-corrected chi connectivity index (χ4v) is 4.92. The lowest BCUT2D eigenvalue weighted by molar-refractivity contribution is -0.132. The largest absolute Gasteiger partial charge is 0.506 e. The van der Waals surface area contributed by atoms with E-state index >= 15 is 0 Å². The van der Waals surface area contributed by atoms with Crippen molar-refractivity contribution in [3.8, 4) is 11.5 Å². The van der Waals surface area contributed by atoms with Crippen molar-refractivity contribution in [2.75, 3.05) is 19.1 Å². The van der Waals surface area contributed by atoms with E-state index in [1.54, 1.807) is 30.3 Å². The number of fused-ring (bicyclic) bond motifs is 1. The number of aromatic nitrogens is 1. The van der Waals surface area contributed by atoms with E-state index in [0.717, 1.165) is 4.70 Å². The summed E-state index contributed by atoms with van der Waals surface area (Å²) in [5.74, 6) is -1.21. The Morgan fingerprint density at radius 2 is 1.76 bits per heavy atom. The molecule has 166 valence electrons. The maximum atomic E-state index is 13.3. The number of ketones is 1. The first kappa shape index (κ1) is 20.8. The number of nitrogens with zero attached hydrogens (tertiary/aromatic N) is 2. The first-order chi connectivity index (χ1) is 16.0. The predicted molar refractivity (Wildman–Crippen MR) is 123 cm³/mol. The van der Waals surface area contributed by atoms with Crippen molar-refractivity contribution < 1.29 is 28.6 Å². The number of anilines is 1. The lowest BCUT2D eigenvalue weighted by Crippen LogP contribution is -2.29. The van der Waals surface area contributed by atoms with Gasteiger partial charge >= 0.3 is 5.91 Å². The maximum absolute atomic E-state index is 13.3. The van der Waals surface area contributed by atoms with Crippen molar-refractivity contribution in [1.29, 1.82) is 0 Å². The van der Waals surface area contributed by atoms with Crippen molar-refractivity contribution in [2.45, 2.75) is 6.04 Å². The van der Waals surface area contributed by atoms with Crippen LogP contribution in [0.1, 0.15) is 17.4 Å². The van der Waals surface area contributed by atoms with E-state index in [2.05, 4.69) is 4.98 Å². The maximum Gasteiger partial charge on any atom is 0.302 e. The Bertz CT molecular complexity index is 1350. The van der Waals surface area contributed by atoms with Crippen molar-refractivity contribution in [3.63, 3.8) is 0 Å². The summed E-state index contributed by atoms with van der Waals surface area (Å²) >= 11 is 1.27. The Kier molecular flexibility index (Phi) is 5.10. The minimum atomic E-state index is -1.02. The molecule has 1 aliphatic heterocycles. The quantitative estimate of drug-likeness (QED) is 0.264. The van der Waals surface area contributed by atoms with Gasteiger partial charge in [-0.3, -0.25) is 14.5 Å². The molecule has 1 N–H and O–H groups in total. The van der Waals surface area contributed by atoms with Gasteiger partial charge in [0.25, 0.3) is 5.78 Å². The summed E-state index contributed by atoms with van der Waals surface area (Å²) in [5, 5.41) is 11.7. The molecule has 4 aromatic rings. The van der Waals surface area contributed by atoms with Crippen LogP contribution in [0.2, 0.25) is 0 Å². The zero-order valence-electron chi connectivity index (χ0n) is 17.6. The molecule has 0 spiro atoms. The molecule has 0 aliphatic carbocycles. The molecule has 2 aromatic heterocycles. The fraction of sp³-hybridized carbons (Fsp3) is 0.125. The average Bonchev–Trinajstić information content (AvgIpc) is 3.56. The normalized spacial score (nSPS) is 17.6. The van der Waals surface area contributed by atoms with Gasteiger partial charge in [-0.05, 0) is 36.4 Å². The number of furan rings is 1. The Hall–Kier alpha value is -4.11. The van der Waals surface area contributed by atoms with Crippen LogP contribution in [0.4, 0.5) is 5.13 Å². The van der Waals surface area contributed by atoms with Crippen molar-refractivity contribution >= 4 is 44.1 Å². The Morgan fingerprint density at radius 1 is 1.03 bits per heavy atom. The molecule has 1 unspecified atom stereocenters. The number of hydrogen-bond donors (Lipinski definition) is 1. The number of aliphatic hydroxyl groups excluding tert-OH is 1. The van der Waals surface area contributed by atoms with Crippen LogP contribution >= 0.6 is 11.3 Å². The minimum Gasteiger partial charge on any atom is -0.506 e. The number of methoxy groups -OCH3 is 2. The van der Waals surface area contributed by atoms with Gasteiger partial charge in [-0.2, -0.15) is 0 Å².